The lowest BCUT2D eigenvalue weighted by atomic mass is 9.87. The molecule has 0 radical (unpaired) electrons. The van der Waals surface area contributed by atoms with Gasteiger partial charge in [0.05, 0.1) is 11.1 Å². The van der Waals surface area contributed by atoms with Gasteiger partial charge in [-0.15, -0.1) is 0 Å². The van der Waals surface area contributed by atoms with E-state index in [2.05, 4.69) is 17.0 Å². The number of aromatic nitrogens is 1. The highest BCUT2D eigenvalue weighted by Gasteiger charge is 2.24. The SMILES string of the molecule is CN(CCC1CCCCC1)C(=O)c1cc2ccccc2nc1N1CCCC1. The first kappa shape index (κ1) is 18.3. The standard InChI is InChI=1S/C23H31N3O/c1-25(16-13-18-9-3-2-4-10-18)23(27)20-17-19-11-5-6-12-21(19)24-22(20)26-14-7-8-15-26/h5-6,11-12,17-18H,2-4,7-10,13-16H2,1H3. The molecule has 1 aliphatic heterocycles. The zero-order valence-electron chi connectivity index (χ0n) is 16.5. The molecular weight excluding hydrogens is 334 g/mol. The van der Waals surface area contributed by atoms with Crippen LogP contribution in [0, 0.1) is 5.92 Å². The van der Waals surface area contributed by atoms with Crippen molar-refractivity contribution in [3.8, 4) is 0 Å². The number of anilines is 1. The van der Waals surface area contributed by atoms with Crippen LogP contribution >= 0.6 is 0 Å². The van der Waals surface area contributed by atoms with Gasteiger partial charge in [-0.05, 0) is 37.3 Å². The van der Waals surface area contributed by atoms with Crippen LogP contribution in [-0.2, 0) is 0 Å². The first-order chi connectivity index (χ1) is 13.2. The average molecular weight is 366 g/mol. The van der Waals surface area contributed by atoms with Gasteiger partial charge in [0, 0.05) is 32.1 Å². The van der Waals surface area contributed by atoms with Crippen LogP contribution in [0.25, 0.3) is 10.9 Å². The van der Waals surface area contributed by atoms with E-state index < -0.39 is 0 Å². The summed E-state index contributed by atoms with van der Waals surface area (Å²) in [6.07, 6.45) is 10.2. The molecule has 0 unspecified atom stereocenters. The average Bonchev–Trinajstić information content (AvgIpc) is 3.26. The second-order valence-electron chi connectivity index (χ2n) is 8.27. The van der Waals surface area contributed by atoms with E-state index >= 15 is 0 Å². The van der Waals surface area contributed by atoms with Crippen molar-refractivity contribution in [1.29, 1.82) is 0 Å². The first-order valence-corrected chi connectivity index (χ1v) is 10.6. The molecule has 4 rings (SSSR count). The third-order valence-corrected chi connectivity index (χ3v) is 6.28. The van der Waals surface area contributed by atoms with Gasteiger partial charge in [-0.1, -0.05) is 50.3 Å². The maximum absolute atomic E-state index is 13.3. The van der Waals surface area contributed by atoms with Gasteiger partial charge >= 0.3 is 0 Å². The highest BCUT2D eigenvalue weighted by atomic mass is 16.2. The molecule has 0 atom stereocenters. The third kappa shape index (κ3) is 4.10. The lowest BCUT2D eigenvalue weighted by Gasteiger charge is -2.26. The lowest BCUT2D eigenvalue weighted by Crippen LogP contribution is -2.32. The number of nitrogens with zero attached hydrogens (tertiary/aromatic N) is 3. The number of pyridine rings is 1. The smallest absolute Gasteiger partial charge is 0.257 e. The van der Waals surface area contributed by atoms with Crippen molar-refractivity contribution in [3.63, 3.8) is 0 Å². The normalized spacial score (nSPS) is 18.2. The topological polar surface area (TPSA) is 36.4 Å². The second-order valence-corrected chi connectivity index (χ2v) is 8.27. The number of carbonyl (C=O) groups excluding carboxylic acids is 1. The number of rotatable bonds is 5. The molecule has 2 fully saturated rings. The van der Waals surface area contributed by atoms with Gasteiger partial charge in [-0.25, -0.2) is 4.98 Å². The molecule has 2 aliphatic rings. The largest absolute Gasteiger partial charge is 0.356 e. The zero-order valence-corrected chi connectivity index (χ0v) is 16.5. The van der Waals surface area contributed by atoms with E-state index in [1.165, 1.54) is 44.9 Å². The summed E-state index contributed by atoms with van der Waals surface area (Å²) in [4.78, 5) is 22.4. The molecule has 1 saturated carbocycles. The van der Waals surface area contributed by atoms with E-state index in [1.54, 1.807) is 0 Å². The Morgan fingerprint density at radius 1 is 1.11 bits per heavy atom. The van der Waals surface area contributed by atoms with Gasteiger partial charge in [0.2, 0.25) is 0 Å². The molecule has 1 aromatic heterocycles. The number of fused-ring (bicyclic) bond motifs is 1. The molecule has 1 aromatic carbocycles. The summed E-state index contributed by atoms with van der Waals surface area (Å²) in [7, 11) is 1.95. The number of para-hydroxylation sites is 1. The second kappa shape index (κ2) is 8.28. The van der Waals surface area contributed by atoms with Gasteiger partial charge in [0.15, 0.2) is 0 Å². The summed E-state index contributed by atoms with van der Waals surface area (Å²) < 4.78 is 0. The summed E-state index contributed by atoms with van der Waals surface area (Å²) in [5.41, 5.74) is 1.74. The Morgan fingerprint density at radius 2 is 1.85 bits per heavy atom. The maximum Gasteiger partial charge on any atom is 0.257 e. The number of hydrogen-bond acceptors (Lipinski definition) is 3. The molecule has 1 aliphatic carbocycles. The van der Waals surface area contributed by atoms with Gasteiger partial charge in [-0.3, -0.25) is 4.79 Å². The van der Waals surface area contributed by atoms with Gasteiger partial charge in [-0.2, -0.15) is 0 Å². The third-order valence-electron chi connectivity index (χ3n) is 6.28. The summed E-state index contributed by atoms with van der Waals surface area (Å²) in [5.74, 6) is 1.79. The van der Waals surface area contributed by atoms with Crippen LogP contribution in [-0.4, -0.2) is 42.5 Å². The quantitative estimate of drug-likeness (QED) is 0.758. The number of amides is 1. The molecule has 0 spiro atoms. The Hall–Kier alpha value is -2.10. The fraction of sp³-hybridized carbons (Fsp3) is 0.565. The minimum Gasteiger partial charge on any atom is -0.356 e. The van der Waals surface area contributed by atoms with Crippen LogP contribution < -0.4 is 4.90 Å². The number of carbonyl (C=O) groups is 1. The van der Waals surface area contributed by atoms with Crippen LogP contribution in [0.15, 0.2) is 30.3 Å². The number of hydrogen-bond donors (Lipinski definition) is 0. The van der Waals surface area contributed by atoms with Crippen molar-refractivity contribution in [3.05, 3.63) is 35.9 Å². The van der Waals surface area contributed by atoms with Gasteiger partial charge in [0.1, 0.15) is 5.82 Å². The van der Waals surface area contributed by atoms with Crippen LogP contribution in [0.2, 0.25) is 0 Å². The molecular formula is C23H31N3O. The van der Waals surface area contributed by atoms with Crippen LogP contribution in [0.1, 0.15) is 61.7 Å². The van der Waals surface area contributed by atoms with E-state index in [-0.39, 0.29) is 5.91 Å². The number of benzene rings is 1. The van der Waals surface area contributed by atoms with E-state index in [0.717, 1.165) is 54.3 Å². The predicted molar refractivity (Wildman–Crippen MR) is 111 cm³/mol. The molecule has 144 valence electrons. The summed E-state index contributed by atoms with van der Waals surface area (Å²) in [6.45, 7) is 2.84. The Morgan fingerprint density at radius 3 is 2.63 bits per heavy atom. The van der Waals surface area contributed by atoms with Crippen molar-refractivity contribution in [2.24, 2.45) is 5.92 Å². The van der Waals surface area contributed by atoms with Gasteiger partial charge < -0.3 is 9.80 Å². The Labute approximate surface area is 162 Å². The van der Waals surface area contributed by atoms with Crippen LogP contribution in [0.5, 0.6) is 0 Å². The van der Waals surface area contributed by atoms with E-state index in [4.69, 9.17) is 4.98 Å². The molecule has 1 saturated heterocycles. The van der Waals surface area contributed by atoms with Crippen molar-refractivity contribution >= 4 is 22.6 Å². The van der Waals surface area contributed by atoms with Crippen molar-refractivity contribution in [1.82, 2.24) is 9.88 Å². The maximum atomic E-state index is 13.3. The molecule has 1 amide bonds. The minimum atomic E-state index is 0.117. The van der Waals surface area contributed by atoms with Crippen LogP contribution in [0.4, 0.5) is 5.82 Å². The molecule has 2 aromatic rings. The molecule has 4 heteroatoms. The lowest BCUT2D eigenvalue weighted by molar-refractivity contribution is 0.0784. The Bertz CT molecular complexity index is 791. The Balaban J connectivity index is 1.56. The monoisotopic (exact) mass is 365 g/mol. The zero-order chi connectivity index (χ0) is 18.6. The van der Waals surface area contributed by atoms with E-state index in [0.29, 0.717) is 0 Å². The minimum absolute atomic E-state index is 0.117. The van der Waals surface area contributed by atoms with Crippen LogP contribution in [0.3, 0.4) is 0 Å². The van der Waals surface area contributed by atoms with Crippen molar-refractivity contribution in [2.45, 2.75) is 51.4 Å². The molecule has 2 heterocycles. The van der Waals surface area contributed by atoms with Crippen molar-refractivity contribution < 1.29 is 4.79 Å². The molecule has 4 nitrogen and oxygen atoms in total. The summed E-state index contributed by atoms with van der Waals surface area (Å²) in [6, 6.07) is 10.2. The molecule has 0 N–H and O–H groups in total. The van der Waals surface area contributed by atoms with E-state index in [1.807, 2.05) is 30.1 Å². The predicted octanol–water partition coefficient (Wildman–Crippen LogP) is 4.88. The fourth-order valence-electron chi connectivity index (χ4n) is 4.59. The summed E-state index contributed by atoms with van der Waals surface area (Å²) >= 11 is 0. The van der Waals surface area contributed by atoms with Gasteiger partial charge in [0.25, 0.3) is 5.91 Å². The molecule has 0 bridgehead atoms. The van der Waals surface area contributed by atoms with Crippen molar-refractivity contribution in [2.75, 3.05) is 31.6 Å². The highest BCUT2D eigenvalue weighted by molar-refractivity contribution is 6.02. The Kier molecular flexibility index (Phi) is 5.61. The molecule has 27 heavy (non-hydrogen) atoms. The summed E-state index contributed by atoms with van der Waals surface area (Å²) in [5, 5.41) is 1.05. The fourth-order valence-corrected chi connectivity index (χ4v) is 4.59. The first-order valence-electron chi connectivity index (χ1n) is 10.6. The highest BCUT2D eigenvalue weighted by Crippen LogP contribution is 2.29. The van der Waals surface area contributed by atoms with E-state index in [9.17, 15) is 4.79 Å².